The van der Waals surface area contributed by atoms with Gasteiger partial charge in [0.15, 0.2) is 0 Å². The first-order valence-electron chi connectivity index (χ1n) is 10.9. The summed E-state index contributed by atoms with van der Waals surface area (Å²) in [5.74, 6) is 0.485. The Kier molecular flexibility index (Phi) is 6.94. The van der Waals surface area contributed by atoms with Crippen LogP contribution in [-0.2, 0) is 9.53 Å². The number of carbonyl (C=O) groups excluding carboxylic acids is 2. The summed E-state index contributed by atoms with van der Waals surface area (Å²) >= 11 is 0. The average molecular weight is 442 g/mol. The number of rotatable bonds is 5. The van der Waals surface area contributed by atoms with Crippen molar-refractivity contribution in [1.82, 2.24) is 19.8 Å². The molecule has 2 atom stereocenters. The van der Waals surface area contributed by atoms with E-state index in [0.717, 1.165) is 0 Å². The lowest BCUT2D eigenvalue weighted by Crippen LogP contribution is -2.50. The fourth-order valence-electron chi connectivity index (χ4n) is 4.09. The van der Waals surface area contributed by atoms with Crippen LogP contribution in [0.5, 0.6) is 5.75 Å². The lowest BCUT2D eigenvalue weighted by molar-refractivity contribution is -0.137. The van der Waals surface area contributed by atoms with Crippen molar-refractivity contribution in [3.63, 3.8) is 0 Å². The van der Waals surface area contributed by atoms with Crippen molar-refractivity contribution in [3.05, 3.63) is 53.9 Å². The maximum absolute atomic E-state index is 13.3. The van der Waals surface area contributed by atoms with E-state index in [1.54, 1.807) is 28.9 Å². The number of nitrogens with zero attached hydrogens (tertiary/aromatic N) is 4. The van der Waals surface area contributed by atoms with E-state index in [9.17, 15) is 14.0 Å². The van der Waals surface area contributed by atoms with Crippen LogP contribution in [0.25, 0.3) is 0 Å². The van der Waals surface area contributed by atoms with Crippen molar-refractivity contribution in [1.29, 1.82) is 0 Å². The number of halogens is 1. The maximum atomic E-state index is 13.3. The van der Waals surface area contributed by atoms with Crippen LogP contribution in [0.2, 0.25) is 0 Å². The molecule has 2 aliphatic rings. The summed E-state index contributed by atoms with van der Waals surface area (Å²) in [5, 5.41) is 0. The molecule has 9 heteroatoms. The summed E-state index contributed by atoms with van der Waals surface area (Å²) in [5.41, 5.74) is 0.423. The van der Waals surface area contributed by atoms with Gasteiger partial charge in [-0.2, -0.15) is 0 Å². The lowest BCUT2D eigenvalue weighted by atomic mass is 9.90. The minimum Gasteiger partial charge on any atom is -0.490 e. The predicted molar refractivity (Wildman–Crippen MR) is 114 cm³/mol. The zero-order valence-corrected chi connectivity index (χ0v) is 18.1. The number of piperidine rings is 1. The molecule has 170 valence electrons. The molecule has 2 aliphatic heterocycles. The molecule has 0 saturated carbocycles. The summed E-state index contributed by atoms with van der Waals surface area (Å²) in [4.78, 5) is 37.7. The summed E-state index contributed by atoms with van der Waals surface area (Å²) in [7, 11) is 0. The Hall–Kier alpha value is -3.07. The predicted octanol–water partition coefficient (Wildman–Crippen LogP) is 2.08. The number of benzene rings is 1. The molecule has 2 aromatic rings. The Balaban J connectivity index is 1.48. The highest BCUT2D eigenvalue weighted by molar-refractivity contribution is 5.93. The second-order valence-electron chi connectivity index (χ2n) is 8.13. The molecule has 0 unspecified atom stereocenters. The molecule has 1 aromatic heterocycles. The molecule has 0 spiro atoms. The van der Waals surface area contributed by atoms with Gasteiger partial charge < -0.3 is 19.3 Å². The molecule has 0 aliphatic carbocycles. The van der Waals surface area contributed by atoms with Gasteiger partial charge in [0.1, 0.15) is 23.5 Å². The Labute approximate surface area is 186 Å². The van der Waals surface area contributed by atoms with Crippen LogP contribution in [0, 0.1) is 18.7 Å². The van der Waals surface area contributed by atoms with E-state index in [0.29, 0.717) is 63.0 Å². The van der Waals surface area contributed by atoms with Gasteiger partial charge in [0.25, 0.3) is 5.91 Å². The second-order valence-corrected chi connectivity index (χ2v) is 8.13. The smallest absolute Gasteiger partial charge is 0.257 e. The molecular weight excluding hydrogens is 415 g/mol. The topological polar surface area (TPSA) is 84.9 Å². The highest BCUT2D eigenvalue weighted by Crippen LogP contribution is 2.27. The van der Waals surface area contributed by atoms with Gasteiger partial charge in [-0.25, -0.2) is 14.4 Å². The van der Waals surface area contributed by atoms with E-state index in [4.69, 9.17) is 9.47 Å². The van der Waals surface area contributed by atoms with Gasteiger partial charge in [-0.15, -0.1) is 0 Å². The third-order valence-corrected chi connectivity index (χ3v) is 5.88. The lowest BCUT2D eigenvalue weighted by Gasteiger charge is -2.39. The molecule has 0 radical (unpaired) electrons. The zero-order valence-electron chi connectivity index (χ0n) is 18.1. The van der Waals surface area contributed by atoms with Crippen molar-refractivity contribution in [2.24, 2.45) is 5.92 Å². The van der Waals surface area contributed by atoms with E-state index < -0.39 is 0 Å². The van der Waals surface area contributed by atoms with E-state index in [-0.39, 0.29) is 36.1 Å². The molecule has 0 bridgehead atoms. The third kappa shape index (κ3) is 5.40. The molecule has 32 heavy (non-hydrogen) atoms. The number of hydrogen-bond acceptors (Lipinski definition) is 6. The van der Waals surface area contributed by atoms with Gasteiger partial charge in [0.2, 0.25) is 5.91 Å². The minimum atomic E-state index is -0.336. The fraction of sp³-hybridized carbons (Fsp3) is 0.478. The van der Waals surface area contributed by atoms with Gasteiger partial charge in [-0.3, -0.25) is 9.59 Å². The number of hydrogen-bond donors (Lipinski definition) is 0. The quantitative estimate of drug-likeness (QED) is 0.705. The first kappa shape index (κ1) is 22.1. The van der Waals surface area contributed by atoms with Crippen molar-refractivity contribution in [2.45, 2.75) is 25.9 Å². The maximum Gasteiger partial charge on any atom is 0.257 e. The molecule has 8 nitrogen and oxygen atoms in total. The normalized spacial score (nSPS) is 21.3. The standard InChI is InChI=1S/C23H27FN4O4/c1-16-25-13-18(14-26-16)23(30)28-7-6-21(32-20-4-2-19(24)3-5-20)17(15-28)12-22(29)27-8-10-31-11-9-27/h2-5,13-14,17,21H,6-12,15H2,1H3/t17-,21-/m0/s1. The van der Waals surface area contributed by atoms with Crippen LogP contribution in [-0.4, -0.2) is 77.1 Å². The van der Waals surface area contributed by atoms with E-state index in [2.05, 4.69) is 9.97 Å². The molecule has 3 heterocycles. The monoisotopic (exact) mass is 442 g/mol. The van der Waals surface area contributed by atoms with Crippen LogP contribution >= 0.6 is 0 Å². The Morgan fingerprint density at radius 2 is 1.78 bits per heavy atom. The molecular formula is C23H27FN4O4. The van der Waals surface area contributed by atoms with E-state index in [1.807, 2.05) is 0 Å². The van der Waals surface area contributed by atoms with Gasteiger partial charge in [-0.1, -0.05) is 0 Å². The fourth-order valence-corrected chi connectivity index (χ4v) is 4.09. The summed E-state index contributed by atoms with van der Waals surface area (Å²) in [6.07, 6.45) is 3.62. The summed E-state index contributed by atoms with van der Waals surface area (Å²) in [6, 6.07) is 5.85. The highest BCUT2D eigenvalue weighted by atomic mass is 19.1. The second kappa shape index (κ2) is 10.0. The number of aryl methyl sites for hydroxylation is 1. The van der Waals surface area contributed by atoms with Crippen molar-refractivity contribution < 1.29 is 23.5 Å². The Morgan fingerprint density at radius 3 is 2.47 bits per heavy atom. The summed E-state index contributed by atoms with van der Waals surface area (Å²) < 4.78 is 24.8. The van der Waals surface area contributed by atoms with E-state index in [1.165, 1.54) is 24.5 Å². The largest absolute Gasteiger partial charge is 0.490 e. The number of morpholine rings is 1. The number of ether oxygens (including phenoxy) is 2. The van der Waals surface area contributed by atoms with Crippen LogP contribution in [0.1, 0.15) is 29.0 Å². The van der Waals surface area contributed by atoms with Gasteiger partial charge in [0.05, 0.1) is 18.8 Å². The molecule has 2 saturated heterocycles. The molecule has 1 aromatic carbocycles. The van der Waals surface area contributed by atoms with Crippen molar-refractivity contribution in [3.8, 4) is 5.75 Å². The van der Waals surface area contributed by atoms with E-state index >= 15 is 0 Å². The third-order valence-electron chi connectivity index (χ3n) is 5.88. The zero-order chi connectivity index (χ0) is 22.5. The molecule has 4 rings (SSSR count). The first-order chi connectivity index (χ1) is 15.5. The summed E-state index contributed by atoms with van der Waals surface area (Å²) in [6.45, 7) is 4.83. The van der Waals surface area contributed by atoms with Crippen LogP contribution in [0.15, 0.2) is 36.7 Å². The van der Waals surface area contributed by atoms with Crippen LogP contribution in [0.3, 0.4) is 0 Å². The Bertz CT molecular complexity index is 932. The minimum absolute atomic E-state index is 0.0268. The number of likely N-dealkylation sites (tertiary alicyclic amines) is 1. The highest BCUT2D eigenvalue weighted by Gasteiger charge is 2.36. The van der Waals surface area contributed by atoms with Gasteiger partial charge in [-0.05, 0) is 31.2 Å². The number of aromatic nitrogens is 2. The van der Waals surface area contributed by atoms with Crippen molar-refractivity contribution >= 4 is 11.8 Å². The van der Waals surface area contributed by atoms with Gasteiger partial charge in [0, 0.05) is 57.3 Å². The van der Waals surface area contributed by atoms with Gasteiger partial charge >= 0.3 is 0 Å². The number of carbonyl (C=O) groups is 2. The van der Waals surface area contributed by atoms with Crippen LogP contribution < -0.4 is 4.74 Å². The Morgan fingerprint density at radius 1 is 1.09 bits per heavy atom. The average Bonchev–Trinajstić information content (AvgIpc) is 2.82. The first-order valence-corrected chi connectivity index (χ1v) is 10.9. The molecule has 2 amide bonds. The number of amides is 2. The van der Waals surface area contributed by atoms with Crippen LogP contribution in [0.4, 0.5) is 4.39 Å². The van der Waals surface area contributed by atoms with Crippen molar-refractivity contribution in [2.75, 3.05) is 39.4 Å². The molecule has 0 N–H and O–H groups in total. The SMILES string of the molecule is Cc1ncc(C(=O)N2CC[C@H](Oc3ccc(F)cc3)[C@@H](CC(=O)N3CCOCC3)C2)cn1. The molecule has 2 fully saturated rings.